The highest BCUT2D eigenvalue weighted by molar-refractivity contribution is 6.18. The fourth-order valence-corrected chi connectivity index (χ4v) is 2.00. The molecule has 0 saturated heterocycles. The van der Waals surface area contributed by atoms with E-state index in [1.807, 2.05) is 24.3 Å². The molecule has 0 fully saturated rings. The van der Waals surface area contributed by atoms with Crippen molar-refractivity contribution in [2.75, 3.05) is 6.54 Å². The van der Waals surface area contributed by atoms with Gasteiger partial charge in [0, 0.05) is 12.1 Å². The maximum Gasteiger partial charge on any atom is 0.252 e. The Morgan fingerprint density at radius 3 is 2.93 bits per heavy atom. The number of hydrogen-bond donors (Lipinski definition) is 1. The van der Waals surface area contributed by atoms with Crippen molar-refractivity contribution < 1.29 is 4.79 Å². The number of hydrogen-bond acceptors (Lipinski definition) is 1. The van der Waals surface area contributed by atoms with Gasteiger partial charge in [0.15, 0.2) is 0 Å². The van der Waals surface area contributed by atoms with Gasteiger partial charge in [-0.25, -0.2) is 0 Å². The lowest BCUT2D eigenvalue weighted by atomic mass is 10.0. The molecule has 1 amide bonds. The van der Waals surface area contributed by atoms with Crippen LogP contribution in [0.2, 0.25) is 0 Å². The summed E-state index contributed by atoms with van der Waals surface area (Å²) in [7, 11) is 0. The summed E-state index contributed by atoms with van der Waals surface area (Å²) in [6.45, 7) is 0.639. The van der Waals surface area contributed by atoms with Crippen molar-refractivity contribution in [3.05, 3.63) is 47.0 Å². The van der Waals surface area contributed by atoms with Crippen LogP contribution in [-0.2, 0) is 4.79 Å². The molecule has 3 rings (SSSR count). The van der Waals surface area contributed by atoms with Crippen LogP contribution < -0.4 is 5.32 Å². The van der Waals surface area contributed by atoms with E-state index in [1.54, 1.807) is 0 Å². The lowest BCUT2D eigenvalue weighted by Crippen LogP contribution is -2.28. The molecule has 68 valence electrons. The first-order valence-electron chi connectivity index (χ1n) is 4.66. The normalized spacial score (nSPS) is 17.9. The Hall–Kier alpha value is -1.83. The minimum absolute atomic E-state index is 0.0405. The largest absolute Gasteiger partial charge is 0.349 e. The molecule has 1 N–H and O–H groups in total. The number of benzene rings is 1. The molecule has 1 aromatic rings. The molecule has 2 nitrogen and oxygen atoms in total. The molecule has 14 heavy (non-hydrogen) atoms. The van der Waals surface area contributed by atoms with Crippen LogP contribution in [0.5, 0.6) is 0 Å². The van der Waals surface area contributed by atoms with E-state index < -0.39 is 0 Å². The summed E-state index contributed by atoms with van der Waals surface area (Å²) in [6.07, 6.45) is 4.02. The van der Waals surface area contributed by atoms with E-state index >= 15 is 0 Å². The average molecular weight is 183 g/mol. The van der Waals surface area contributed by atoms with Crippen LogP contribution in [0.1, 0.15) is 11.1 Å². The molecule has 0 bridgehead atoms. The van der Waals surface area contributed by atoms with Gasteiger partial charge in [0.1, 0.15) is 0 Å². The van der Waals surface area contributed by atoms with E-state index in [9.17, 15) is 4.79 Å². The Bertz CT molecular complexity index is 483. The number of carbonyl (C=O) groups is 1. The van der Waals surface area contributed by atoms with Gasteiger partial charge in [-0.1, -0.05) is 30.3 Å². The molecule has 2 aliphatic rings. The van der Waals surface area contributed by atoms with E-state index in [1.165, 1.54) is 5.56 Å². The molecular formula is C12H9NO. The SMILES string of the molecule is O=C1NCC=C2C1=Cc1ccccc12. The Labute approximate surface area is 81.9 Å². The molecule has 1 aromatic carbocycles. The van der Waals surface area contributed by atoms with E-state index in [0.717, 1.165) is 16.7 Å². The molecule has 0 unspecified atom stereocenters. The zero-order valence-corrected chi connectivity index (χ0v) is 7.58. The maximum absolute atomic E-state index is 11.5. The third-order valence-electron chi connectivity index (χ3n) is 2.65. The van der Waals surface area contributed by atoms with Gasteiger partial charge in [-0.3, -0.25) is 4.79 Å². The molecule has 2 heteroatoms. The van der Waals surface area contributed by atoms with Gasteiger partial charge in [-0.05, 0) is 22.8 Å². The van der Waals surface area contributed by atoms with Crippen molar-refractivity contribution in [1.29, 1.82) is 0 Å². The predicted molar refractivity (Wildman–Crippen MR) is 55.4 cm³/mol. The third kappa shape index (κ3) is 0.880. The summed E-state index contributed by atoms with van der Waals surface area (Å²) in [5, 5.41) is 2.80. The molecule has 0 aromatic heterocycles. The predicted octanol–water partition coefficient (Wildman–Crippen LogP) is 1.60. The fraction of sp³-hybridized carbons (Fsp3) is 0.0833. The lowest BCUT2D eigenvalue weighted by molar-refractivity contribution is -0.116. The number of nitrogens with one attached hydrogen (secondary N) is 1. The number of carbonyl (C=O) groups excluding carboxylic acids is 1. The third-order valence-corrected chi connectivity index (χ3v) is 2.65. The molecule has 1 aliphatic carbocycles. The highest BCUT2D eigenvalue weighted by Crippen LogP contribution is 2.36. The standard InChI is InChI=1S/C12H9NO/c14-12-11-7-8-3-1-2-4-9(8)10(11)5-6-13-12/h1-5,7H,6H2,(H,13,14). The van der Waals surface area contributed by atoms with Gasteiger partial charge < -0.3 is 5.32 Å². The average Bonchev–Trinajstić information content (AvgIpc) is 2.59. The fourth-order valence-electron chi connectivity index (χ4n) is 2.00. The first kappa shape index (κ1) is 7.56. The van der Waals surface area contributed by atoms with E-state index in [4.69, 9.17) is 0 Å². The van der Waals surface area contributed by atoms with Crippen molar-refractivity contribution in [2.45, 2.75) is 0 Å². The Morgan fingerprint density at radius 2 is 2.00 bits per heavy atom. The van der Waals surface area contributed by atoms with Crippen molar-refractivity contribution in [3.8, 4) is 0 Å². The van der Waals surface area contributed by atoms with Crippen LogP contribution in [-0.4, -0.2) is 12.5 Å². The molecule has 0 spiro atoms. The van der Waals surface area contributed by atoms with Crippen LogP contribution in [0, 0.1) is 0 Å². The Morgan fingerprint density at radius 1 is 1.14 bits per heavy atom. The summed E-state index contributed by atoms with van der Waals surface area (Å²) in [4.78, 5) is 11.5. The van der Waals surface area contributed by atoms with E-state index in [2.05, 4.69) is 17.5 Å². The van der Waals surface area contributed by atoms with Gasteiger partial charge in [-0.15, -0.1) is 0 Å². The van der Waals surface area contributed by atoms with Gasteiger partial charge >= 0.3 is 0 Å². The molecule has 1 aliphatic heterocycles. The second-order valence-corrected chi connectivity index (χ2v) is 3.47. The molecule has 0 atom stereocenters. The lowest BCUT2D eigenvalue weighted by Gasteiger charge is -2.12. The topological polar surface area (TPSA) is 29.1 Å². The van der Waals surface area contributed by atoms with Crippen molar-refractivity contribution in [3.63, 3.8) is 0 Å². The highest BCUT2D eigenvalue weighted by atomic mass is 16.1. The number of amides is 1. The quantitative estimate of drug-likeness (QED) is 0.650. The Balaban J connectivity index is 2.25. The number of fused-ring (bicyclic) bond motifs is 3. The van der Waals surface area contributed by atoms with Gasteiger partial charge in [-0.2, -0.15) is 0 Å². The second-order valence-electron chi connectivity index (χ2n) is 3.47. The molecule has 1 heterocycles. The van der Waals surface area contributed by atoms with E-state index in [-0.39, 0.29) is 5.91 Å². The summed E-state index contributed by atoms with van der Waals surface area (Å²) >= 11 is 0. The van der Waals surface area contributed by atoms with E-state index in [0.29, 0.717) is 6.54 Å². The maximum atomic E-state index is 11.5. The van der Waals surface area contributed by atoms with Crippen molar-refractivity contribution >= 4 is 17.6 Å². The second kappa shape index (κ2) is 2.58. The minimum Gasteiger partial charge on any atom is -0.349 e. The summed E-state index contributed by atoms with van der Waals surface area (Å²) in [5.41, 5.74) is 4.21. The zero-order chi connectivity index (χ0) is 9.54. The first-order valence-corrected chi connectivity index (χ1v) is 4.66. The van der Waals surface area contributed by atoms with Crippen molar-refractivity contribution in [1.82, 2.24) is 5.32 Å². The minimum atomic E-state index is 0.0405. The van der Waals surface area contributed by atoms with Crippen LogP contribution >= 0.6 is 0 Å². The summed E-state index contributed by atoms with van der Waals surface area (Å²) < 4.78 is 0. The monoisotopic (exact) mass is 183 g/mol. The smallest absolute Gasteiger partial charge is 0.252 e. The Kier molecular flexibility index (Phi) is 1.39. The molecule has 0 radical (unpaired) electrons. The van der Waals surface area contributed by atoms with Crippen LogP contribution in [0.4, 0.5) is 0 Å². The van der Waals surface area contributed by atoms with Crippen LogP contribution in [0.25, 0.3) is 11.6 Å². The zero-order valence-electron chi connectivity index (χ0n) is 7.58. The summed E-state index contributed by atoms with van der Waals surface area (Å²) in [5.74, 6) is 0.0405. The van der Waals surface area contributed by atoms with Gasteiger partial charge in [0.2, 0.25) is 0 Å². The number of rotatable bonds is 0. The van der Waals surface area contributed by atoms with Crippen LogP contribution in [0.3, 0.4) is 0 Å². The highest BCUT2D eigenvalue weighted by Gasteiger charge is 2.25. The van der Waals surface area contributed by atoms with Crippen LogP contribution in [0.15, 0.2) is 35.9 Å². The van der Waals surface area contributed by atoms with Gasteiger partial charge in [0.25, 0.3) is 5.91 Å². The first-order chi connectivity index (χ1) is 6.86. The van der Waals surface area contributed by atoms with Crippen molar-refractivity contribution in [2.24, 2.45) is 0 Å². The van der Waals surface area contributed by atoms with Gasteiger partial charge in [0.05, 0.1) is 0 Å². The summed E-state index contributed by atoms with van der Waals surface area (Å²) in [6, 6.07) is 8.09. The molecular weight excluding hydrogens is 174 g/mol. The molecule has 0 saturated carbocycles.